The van der Waals surface area contributed by atoms with Gasteiger partial charge in [-0.3, -0.25) is 19.2 Å². The lowest BCUT2D eigenvalue weighted by Crippen LogP contribution is -2.66. The van der Waals surface area contributed by atoms with Gasteiger partial charge >= 0.3 is 23.9 Å². The second-order valence-corrected chi connectivity index (χ2v) is 6.36. The van der Waals surface area contributed by atoms with Gasteiger partial charge < -0.3 is 33.7 Å². The van der Waals surface area contributed by atoms with E-state index in [1.807, 2.05) is 0 Å². The maximum atomic E-state index is 11.7. The Morgan fingerprint density at radius 3 is 1.83 bits per heavy atom. The van der Waals surface area contributed by atoms with Gasteiger partial charge in [-0.15, -0.1) is 0 Å². The first-order chi connectivity index (χ1) is 13.5. The molecule has 0 aromatic rings. The molecule has 0 radical (unpaired) electrons. The van der Waals surface area contributed by atoms with Gasteiger partial charge in [0, 0.05) is 27.7 Å². The van der Waals surface area contributed by atoms with Crippen LogP contribution in [0.25, 0.3) is 0 Å². The van der Waals surface area contributed by atoms with Gasteiger partial charge in [-0.05, 0) is 19.1 Å². The predicted octanol–water partition coefficient (Wildman–Crippen LogP) is -0.0195. The number of hydrogen-bond donors (Lipinski definition) is 1. The summed E-state index contributed by atoms with van der Waals surface area (Å²) < 4.78 is 31.7. The van der Waals surface area contributed by atoms with Crippen LogP contribution in [0.2, 0.25) is 0 Å². The molecule has 164 valence electrons. The second-order valence-electron chi connectivity index (χ2n) is 5.98. The first kappa shape index (κ1) is 24.6. The van der Waals surface area contributed by atoms with Gasteiger partial charge in [0.25, 0.3) is 5.17 Å². The molecule has 1 aliphatic heterocycles. The van der Waals surface area contributed by atoms with Crippen molar-refractivity contribution in [2.45, 2.75) is 65.3 Å². The smallest absolute Gasteiger partial charge is 0.303 e. The van der Waals surface area contributed by atoms with Crippen LogP contribution in [0.3, 0.4) is 0 Å². The number of carbonyl (C=O) groups excluding carboxylic acids is 4. The van der Waals surface area contributed by atoms with Crippen LogP contribution in [0.4, 0.5) is 0 Å². The molecule has 0 aliphatic carbocycles. The summed E-state index contributed by atoms with van der Waals surface area (Å²) in [6.45, 7) is 6.27. The van der Waals surface area contributed by atoms with Crippen molar-refractivity contribution in [1.82, 2.24) is 5.32 Å². The van der Waals surface area contributed by atoms with Crippen molar-refractivity contribution in [3.8, 4) is 0 Å². The highest BCUT2D eigenvalue weighted by Crippen LogP contribution is 2.28. The minimum Gasteiger partial charge on any atom is -0.471 e. The normalized spacial score (nSPS) is 25.9. The predicted molar refractivity (Wildman–Crippen MR) is 99.3 cm³/mol. The Balaban J connectivity index is 3.29. The van der Waals surface area contributed by atoms with Crippen molar-refractivity contribution < 1.29 is 47.6 Å². The lowest BCUT2D eigenvalue weighted by Gasteiger charge is -2.44. The van der Waals surface area contributed by atoms with Gasteiger partial charge in [0.1, 0.15) is 12.7 Å². The zero-order valence-corrected chi connectivity index (χ0v) is 17.6. The van der Waals surface area contributed by atoms with Gasteiger partial charge in [-0.25, -0.2) is 0 Å². The number of hydrogen-bond acceptors (Lipinski definition) is 11. The molecule has 0 aromatic heterocycles. The lowest BCUT2D eigenvalue weighted by molar-refractivity contribution is -0.255. The molecule has 5 atom stereocenters. The number of ether oxygens (including phenoxy) is 6. The molecule has 29 heavy (non-hydrogen) atoms. The highest BCUT2D eigenvalue weighted by molar-refractivity contribution is 7.80. The number of thiocarbonyl (C=S) groups is 1. The zero-order valence-electron chi connectivity index (χ0n) is 16.8. The van der Waals surface area contributed by atoms with E-state index in [4.69, 9.17) is 40.6 Å². The van der Waals surface area contributed by atoms with E-state index >= 15 is 0 Å². The van der Waals surface area contributed by atoms with Gasteiger partial charge in [-0.1, -0.05) is 0 Å². The molecule has 0 spiro atoms. The number of esters is 4. The molecule has 12 heteroatoms. The SMILES string of the molecule is CCOC(=S)NC1OC(COC(C)=O)C(OC(C)=O)C(OC(C)=O)C1OC(C)=O. The molecule has 0 bridgehead atoms. The van der Waals surface area contributed by atoms with Crippen LogP contribution in [0.15, 0.2) is 0 Å². The molecule has 1 rings (SSSR count). The van der Waals surface area contributed by atoms with Crippen molar-refractivity contribution in [2.75, 3.05) is 13.2 Å². The Morgan fingerprint density at radius 1 is 0.828 bits per heavy atom. The maximum absolute atomic E-state index is 11.7. The molecule has 11 nitrogen and oxygen atoms in total. The van der Waals surface area contributed by atoms with Crippen LogP contribution >= 0.6 is 12.2 Å². The van der Waals surface area contributed by atoms with Crippen LogP contribution in [-0.2, 0) is 47.6 Å². The summed E-state index contributed by atoms with van der Waals surface area (Å²) in [4.78, 5) is 46.2. The van der Waals surface area contributed by atoms with E-state index in [2.05, 4.69) is 5.32 Å². The van der Waals surface area contributed by atoms with E-state index in [1.54, 1.807) is 6.92 Å². The summed E-state index contributed by atoms with van der Waals surface area (Å²) in [6, 6.07) is 0. The molecule has 0 amide bonds. The molecular formula is C17H25NO10S. The third kappa shape index (κ3) is 8.20. The zero-order chi connectivity index (χ0) is 22.1. The number of carbonyl (C=O) groups is 4. The summed E-state index contributed by atoms with van der Waals surface area (Å²) in [6.07, 6.45) is -5.93. The second kappa shape index (κ2) is 11.5. The molecule has 1 fully saturated rings. The quantitative estimate of drug-likeness (QED) is 0.327. The van der Waals surface area contributed by atoms with Crippen molar-refractivity contribution in [2.24, 2.45) is 0 Å². The number of rotatable bonds is 7. The fourth-order valence-electron chi connectivity index (χ4n) is 2.63. The minimum atomic E-state index is -1.27. The summed E-state index contributed by atoms with van der Waals surface area (Å²) >= 11 is 5.04. The summed E-state index contributed by atoms with van der Waals surface area (Å²) in [5, 5.41) is 2.65. The van der Waals surface area contributed by atoms with Gasteiger partial charge in [0.15, 0.2) is 24.5 Å². The van der Waals surface area contributed by atoms with Crippen LogP contribution in [0, 0.1) is 0 Å². The van der Waals surface area contributed by atoms with Gasteiger partial charge in [0.05, 0.1) is 6.61 Å². The van der Waals surface area contributed by atoms with Crippen LogP contribution in [0.1, 0.15) is 34.6 Å². The van der Waals surface area contributed by atoms with Crippen LogP contribution in [-0.4, -0.2) is 72.9 Å². The Morgan fingerprint density at radius 2 is 1.34 bits per heavy atom. The van der Waals surface area contributed by atoms with E-state index in [0.717, 1.165) is 20.8 Å². The third-order valence-corrected chi connectivity index (χ3v) is 3.76. The Labute approximate surface area is 173 Å². The standard InChI is InChI=1S/C17H25NO10S/c1-6-23-17(29)18-16-15(27-11(5)22)14(26-10(4)21)13(25-9(3)20)12(28-16)7-24-8(2)19/h12-16H,6-7H2,1-5H3,(H,18,29). The first-order valence-electron chi connectivity index (χ1n) is 8.78. The average molecular weight is 435 g/mol. The van der Waals surface area contributed by atoms with Gasteiger partial charge in [0.2, 0.25) is 0 Å². The number of nitrogens with one attached hydrogen (secondary N) is 1. The molecule has 1 N–H and O–H groups in total. The molecule has 1 aliphatic rings. The molecule has 1 saturated heterocycles. The van der Waals surface area contributed by atoms with Crippen molar-refractivity contribution in [3.05, 3.63) is 0 Å². The average Bonchev–Trinajstić information content (AvgIpc) is 2.57. The van der Waals surface area contributed by atoms with E-state index in [1.165, 1.54) is 6.92 Å². The van der Waals surface area contributed by atoms with Crippen molar-refractivity contribution >= 4 is 41.3 Å². The van der Waals surface area contributed by atoms with E-state index in [-0.39, 0.29) is 18.4 Å². The Bertz CT molecular complexity index is 640. The van der Waals surface area contributed by atoms with E-state index in [0.29, 0.717) is 0 Å². The summed E-state index contributed by atoms with van der Waals surface area (Å²) in [5.41, 5.74) is 0. The highest BCUT2D eigenvalue weighted by Gasteiger charge is 2.52. The Kier molecular flexibility index (Phi) is 9.75. The van der Waals surface area contributed by atoms with Crippen LogP contribution in [0.5, 0.6) is 0 Å². The first-order valence-corrected chi connectivity index (χ1v) is 9.19. The van der Waals surface area contributed by atoms with Crippen molar-refractivity contribution in [3.63, 3.8) is 0 Å². The third-order valence-electron chi connectivity index (χ3n) is 3.53. The maximum Gasteiger partial charge on any atom is 0.303 e. The highest BCUT2D eigenvalue weighted by atomic mass is 32.1. The topological polar surface area (TPSA) is 136 Å². The molecule has 1 heterocycles. The lowest BCUT2D eigenvalue weighted by atomic mass is 9.97. The summed E-state index contributed by atoms with van der Waals surface area (Å²) in [7, 11) is 0. The molecule has 0 saturated carbocycles. The Hall–Kier alpha value is -2.47. The fourth-order valence-corrected chi connectivity index (χ4v) is 2.87. The van der Waals surface area contributed by atoms with E-state index < -0.39 is 54.5 Å². The molecule has 0 aromatic carbocycles. The van der Waals surface area contributed by atoms with E-state index in [9.17, 15) is 19.2 Å². The van der Waals surface area contributed by atoms with Crippen molar-refractivity contribution in [1.29, 1.82) is 0 Å². The minimum absolute atomic E-state index is 0.0617. The van der Waals surface area contributed by atoms with Gasteiger partial charge in [-0.2, -0.15) is 0 Å². The summed E-state index contributed by atoms with van der Waals surface area (Å²) in [5.74, 6) is -2.73. The van der Waals surface area contributed by atoms with Crippen LogP contribution < -0.4 is 5.32 Å². The fraction of sp³-hybridized carbons (Fsp3) is 0.706. The molecule has 5 unspecified atom stereocenters. The monoisotopic (exact) mass is 435 g/mol. The largest absolute Gasteiger partial charge is 0.471 e. The molecular weight excluding hydrogens is 410 g/mol.